The van der Waals surface area contributed by atoms with Crippen LogP contribution in [0.3, 0.4) is 0 Å². The molecule has 0 aliphatic rings. The monoisotopic (exact) mass is 208 g/mol. The fourth-order valence-electron chi connectivity index (χ4n) is 0.253. The summed E-state index contributed by atoms with van der Waals surface area (Å²) in [5.41, 5.74) is 0. The molecule has 1 heterocycles. The van der Waals surface area contributed by atoms with Crippen LogP contribution in [0.15, 0.2) is 24.5 Å². The number of hydrogen-bond donors (Lipinski definition) is 3. The zero-order valence-electron chi connectivity index (χ0n) is 7.03. The van der Waals surface area contributed by atoms with Crippen molar-refractivity contribution in [1.82, 2.24) is 10.2 Å². The molecule has 0 bridgehead atoms. The highest BCUT2D eigenvalue weighted by atomic mass is 32.2. The maximum Gasteiger partial charge on any atom is 0.261 e. The molecule has 0 amide bonds. The first-order valence-corrected chi connectivity index (χ1v) is 4.82. The second-order valence-electron chi connectivity index (χ2n) is 1.65. The molecule has 0 atom stereocenters. The molecule has 0 spiro atoms. The molecule has 76 valence electrons. The molecule has 7 nitrogen and oxygen atoms in total. The molecule has 0 aliphatic carbocycles. The first-order valence-electron chi connectivity index (χ1n) is 2.97. The van der Waals surface area contributed by atoms with Gasteiger partial charge in [-0.05, 0) is 12.1 Å². The normalized spacial score (nSPS) is 8.62. The highest BCUT2D eigenvalue weighted by Gasteiger charge is 1.81. The second-order valence-corrected chi connectivity index (χ2v) is 3.11. The van der Waals surface area contributed by atoms with Crippen molar-refractivity contribution in [1.29, 1.82) is 0 Å². The van der Waals surface area contributed by atoms with Crippen molar-refractivity contribution in [3.63, 3.8) is 0 Å². The Hall–Kier alpha value is -1.09. The Morgan fingerprint density at radius 3 is 1.46 bits per heavy atom. The molecule has 1 aromatic rings. The van der Waals surface area contributed by atoms with Gasteiger partial charge >= 0.3 is 0 Å². The minimum atomic E-state index is -3.67. The summed E-state index contributed by atoms with van der Waals surface area (Å²) in [6.45, 7) is 0. The van der Waals surface area contributed by atoms with E-state index < -0.39 is 10.1 Å². The fraction of sp³-hybridized carbons (Fsp3) is 0.200. The SMILES string of the molecule is CS(=O)(=O)O.NN.c1ccnnc1. The van der Waals surface area contributed by atoms with Crippen LogP contribution < -0.4 is 11.7 Å². The molecule has 5 N–H and O–H groups in total. The Bertz CT molecular complexity index is 240. The third-order valence-corrected chi connectivity index (χ3v) is 0.483. The maximum atomic E-state index is 9.19. The van der Waals surface area contributed by atoms with Crippen molar-refractivity contribution in [2.24, 2.45) is 11.7 Å². The summed E-state index contributed by atoms with van der Waals surface area (Å²) in [6.07, 6.45) is 3.99. The van der Waals surface area contributed by atoms with Gasteiger partial charge in [-0.3, -0.25) is 16.2 Å². The predicted molar refractivity (Wildman–Crippen MR) is 47.9 cm³/mol. The predicted octanol–water partition coefficient (Wildman–Crippen LogP) is -1.20. The topological polar surface area (TPSA) is 132 Å². The quantitative estimate of drug-likeness (QED) is 0.277. The van der Waals surface area contributed by atoms with Crippen LogP contribution in [0, 0.1) is 0 Å². The molecule has 0 aromatic carbocycles. The summed E-state index contributed by atoms with van der Waals surface area (Å²) in [5, 5.41) is 7.07. The molecular weight excluding hydrogens is 196 g/mol. The number of hydrogen-bond acceptors (Lipinski definition) is 6. The smallest absolute Gasteiger partial charge is 0.261 e. The van der Waals surface area contributed by atoms with Gasteiger partial charge < -0.3 is 0 Å². The van der Waals surface area contributed by atoms with E-state index in [0.717, 1.165) is 0 Å². The van der Waals surface area contributed by atoms with E-state index in [0.29, 0.717) is 6.26 Å². The molecule has 13 heavy (non-hydrogen) atoms. The number of hydrazine groups is 1. The number of rotatable bonds is 0. The highest BCUT2D eigenvalue weighted by Crippen LogP contribution is 1.68. The van der Waals surface area contributed by atoms with Crippen LogP contribution >= 0.6 is 0 Å². The Balaban J connectivity index is 0. The van der Waals surface area contributed by atoms with Crippen molar-refractivity contribution in [2.45, 2.75) is 0 Å². The van der Waals surface area contributed by atoms with Crippen molar-refractivity contribution >= 4 is 10.1 Å². The van der Waals surface area contributed by atoms with Crippen molar-refractivity contribution in [3.8, 4) is 0 Å². The fourth-order valence-corrected chi connectivity index (χ4v) is 0.253. The van der Waals surface area contributed by atoms with Crippen LogP contribution in [0.2, 0.25) is 0 Å². The summed E-state index contributed by atoms with van der Waals surface area (Å²) < 4.78 is 25.9. The van der Waals surface area contributed by atoms with Gasteiger partial charge in [0.1, 0.15) is 0 Å². The Kier molecular flexibility index (Phi) is 10.00. The van der Waals surface area contributed by atoms with Crippen molar-refractivity contribution in [2.75, 3.05) is 6.26 Å². The lowest BCUT2D eigenvalue weighted by Gasteiger charge is -1.69. The van der Waals surface area contributed by atoms with Gasteiger partial charge in [0.2, 0.25) is 0 Å². The summed E-state index contributed by atoms with van der Waals surface area (Å²) in [5.74, 6) is 8.00. The Labute approximate surface area is 76.5 Å². The van der Waals surface area contributed by atoms with Gasteiger partial charge in [0.25, 0.3) is 10.1 Å². The standard InChI is InChI=1S/C4H4N2.CH4O3S.H4N2/c1-2-4-6-5-3-1;1-5(2,3)4;1-2/h1-4H;1H3,(H,2,3,4);1-2H2. The first kappa shape index (κ1) is 14.4. The van der Waals surface area contributed by atoms with Crippen LogP contribution in [-0.4, -0.2) is 29.4 Å². The van der Waals surface area contributed by atoms with E-state index in [1.807, 2.05) is 12.1 Å². The highest BCUT2D eigenvalue weighted by molar-refractivity contribution is 7.85. The van der Waals surface area contributed by atoms with Crippen molar-refractivity contribution < 1.29 is 13.0 Å². The van der Waals surface area contributed by atoms with Crippen LogP contribution in [-0.2, 0) is 10.1 Å². The third kappa shape index (κ3) is 35.9. The van der Waals surface area contributed by atoms with Crippen LogP contribution in [0.25, 0.3) is 0 Å². The number of nitrogens with zero attached hydrogens (tertiary/aromatic N) is 2. The zero-order valence-corrected chi connectivity index (χ0v) is 7.85. The molecule has 0 unspecified atom stereocenters. The molecule has 0 fully saturated rings. The van der Waals surface area contributed by atoms with Crippen molar-refractivity contribution in [3.05, 3.63) is 24.5 Å². The van der Waals surface area contributed by atoms with Gasteiger partial charge in [-0.15, -0.1) is 0 Å². The molecule has 0 saturated carbocycles. The minimum Gasteiger partial charge on any atom is -0.286 e. The van der Waals surface area contributed by atoms with Gasteiger partial charge in [-0.25, -0.2) is 0 Å². The van der Waals surface area contributed by atoms with Gasteiger partial charge in [0.15, 0.2) is 0 Å². The number of nitrogens with two attached hydrogens (primary N) is 2. The maximum absolute atomic E-state index is 9.19. The van der Waals surface area contributed by atoms with Crippen LogP contribution in [0.4, 0.5) is 0 Å². The average molecular weight is 208 g/mol. The summed E-state index contributed by atoms with van der Waals surface area (Å²) >= 11 is 0. The Morgan fingerprint density at radius 1 is 1.15 bits per heavy atom. The minimum absolute atomic E-state index is 0.715. The van der Waals surface area contributed by atoms with E-state index in [9.17, 15) is 8.42 Å². The van der Waals surface area contributed by atoms with E-state index in [4.69, 9.17) is 4.55 Å². The number of aromatic nitrogens is 2. The Morgan fingerprint density at radius 2 is 1.38 bits per heavy atom. The first-order chi connectivity index (χ1) is 6.00. The summed E-state index contributed by atoms with van der Waals surface area (Å²) in [7, 11) is -3.67. The molecular formula is C5H12N4O3S. The van der Waals surface area contributed by atoms with Gasteiger partial charge in [-0.2, -0.15) is 18.6 Å². The van der Waals surface area contributed by atoms with Gasteiger partial charge in [0, 0.05) is 12.4 Å². The lowest BCUT2D eigenvalue weighted by Crippen LogP contribution is -2.02. The molecule has 0 aliphatic heterocycles. The second kappa shape index (κ2) is 9.00. The van der Waals surface area contributed by atoms with E-state index in [-0.39, 0.29) is 0 Å². The molecule has 8 heteroatoms. The van der Waals surface area contributed by atoms with E-state index >= 15 is 0 Å². The van der Waals surface area contributed by atoms with Crippen LogP contribution in [0.5, 0.6) is 0 Å². The zero-order chi connectivity index (χ0) is 10.7. The van der Waals surface area contributed by atoms with Gasteiger partial charge in [0.05, 0.1) is 6.26 Å². The van der Waals surface area contributed by atoms with E-state index in [2.05, 4.69) is 21.9 Å². The summed E-state index contributed by atoms with van der Waals surface area (Å²) in [4.78, 5) is 0. The lowest BCUT2D eigenvalue weighted by molar-refractivity contribution is 0.490. The van der Waals surface area contributed by atoms with E-state index in [1.165, 1.54) is 0 Å². The molecule has 1 aromatic heterocycles. The van der Waals surface area contributed by atoms with Crippen LogP contribution in [0.1, 0.15) is 0 Å². The summed E-state index contributed by atoms with van der Waals surface area (Å²) in [6, 6.07) is 3.65. The average Bonchev–Trinajstić information content (AvgIpc) is 2.08. The lowest BCUT2D eigenvalue weighted by atomic mass is 10.6. The van der Waals surface area contributed by atoms with Gasteiger partial charge in [-0.1, -0.05) is 0 Å². The molecule has 1 rings (SSSR count). The largest absolute Gasteiger partial charge is 0.286 e. The third-order valence-electron chi connectivity index (χ3n) is 0.483. The molecule has 0 radical (unpaired) electrons. The van der Waals surface area contributed by atoms with E-state index in [1.54, 1.807) is 12.4 Å². The molecule has 0 saturated heterocycles.